The number of nitrogens with zero attached hydrogens (tertiary/aromatic N) is 9. The Morgan fingerprint density at radius 3 is 1.29 bits per heavy atom. The van der Waals surface area contributed by atoms with Gasteiger partial charge in [0.15, 0.2) is 0 Å². The molecule has 0 N–H and O–H groups in total. The van der Waals surface area contributed by atoms with Crippen LogP contribution in [0.1, 0.15) is 0 Å². The molecule has 0 heterocycles. The first-order valence-electron chi connectivity index (χ1n) is 11.2. The van der Waals surface area contributed by atoms with E-state index in [0.717, 1.165) is 45.7 Å². The molecular formula is C25H41N9. The minimum atomic E-state index is 0.799. The van der Waals surface area contributed by atoms with E-state index < -0.39 is 0 Å². The summed E-state index contributed by atoms with van der Waals surface area (Å²) in [4.78, 5) is 27.1. The van der Waals surface area contributed by atoms with E-state index in [2.05, 4.69) is 12.1 Å². The molecule has 0 spiro atoms. The van der Waals surface area contributed by atoms with Gasteiger partial charge in [-0.15, -0.1) is 0 Å². The van der Waals surface area contributed by atoms with Crippen LogP contribution in [-0.2, 0) is 0 Å². The first kappa shape index (κ1) is 26.8. The van der Waals surface area contributed by atoms with Crippen LogP contribution < -0.4 is 0 Å². The monoisotopic (exact) mass is 467 g/mol. The minimum absolute atomic E-state index is 0.799. The highest BCUT2D eigenvalue weighted by atomic mass is 15.4. The molecule has 2 aromatic rings. The molecule has 0 atom stereocenters. The van der Waals surface area contributed by atoms with Crippen molar-refractivity contribution in [2.45, 2.75) is 0 Å². The van der Waals surface area contributed by atoms with Gasteiger partial charge in [-0.05, 0) is 18.2 Å². The van der Waals surface area contributed by atoms with Crippen molar-refractivity contribution in [3.8, 4) is 0 Å². The maximum absolute atomic E-state index is 5.10. The van der Waals surface area contributed by atoms with Crippen LogP contribution in [0.3, 0.4) is 0 Å². The number of rotatable bonds is 3. The third-order valence-electron chi connectivity index (χ3n) is 5.04. The number of aliphatic imine (C=N–C) groups is 3. The van der Waals surface area contributed by atoms with Gasteiger partial charge in [0, 0.05) is 95.3 Å². The molecule has 186 valence electrons. The van der Waals surface area contributed by atoms with Gasteiger partial charge < -0.3 is 29.4 Å². The molecule has 0 bridgehead atoms. The summed E-state index contributed by atoms with van der Waals surface area (Å²) in [6.45, 7) is 0. The Kier molecular flexibility index (Phi) is 8.73. The molecule has 0 aromatic heterocycles. The highest BCUT2D eigenvalue weighted by Crippen LogP contribution is 2.40. The van der Waals surface area contributed by atoms with Gasteiger partial charge in [0.1, 0.15) is 5.69 Å². The highest BCUT2D eigenvalue weighted by molar-refractivity contribution is 6.06. The summed E-state index contributed by atoms with van der Waals surface area (Å²) in [6.07, 6.45) is 0. The molecule has 9 nitrogen and oxygen atoms in total. The molecule has 0 aliphatic carbocycles. The SMILES string of the molecule is CN(C)C(=Nc1ccc2c(N=C(N(C)C)N(C)C)cccc2c1N=C(N(C)C)N(C)C)N(C)C. The van der Waals surface area contributed by atoms with Gasteiger partial charge in [0.2, 0.25) is 17.9 Å². The van der Waals surface area contributed by atoms with E-state index >= 15 is 0 Å². The van der Waals surface area contributed by atoms with Gasteiger partial charge in [0.05, 0.1) is 11.4 Å². The molecule has 0 saturated heterocycles. The highest BCUT2D eigenvalue weighted by Gasteiger charge is 2.16. The van der Waals surface area contributed by atoms with E-state index in [9.17, 15) is 0 Å². The van der Waals surface area contributed by atoms with E-state index in [-0.39, 0.29) is 0 Å². The molecule has 0 unspecified atom stereocenters. The fourth-order valence-corrected chi connectivity index (χ4v) is 3.73. The van der Waals surface area contributed by atoms with Crippen molar-refractivity contribution >= 4 is 45.7 Å². The van der Waals surface area contributed by atoms with Crippen LogP contribution in [0.15, 0.2) is 45.3 Å². The smallest absolute Gasteiger partial charge is 0.200 e. The van der Waals surface area contributed by atoms with Gasteiger partial charge >= 0.3 is 0 Å². The second kappa shape index (κ2) is 11.1. The van der Waals surface area contributed by atoms with Crippen LogP contribution in [0, 0.1) is 0 Å². The topological polar surface area (TPSA) is 56.5 Å². The summed E-state index contributed by atoms with van der Waals surface area (Å²) >= 11 is 0. The Bertz CT molecular complexity index is 1050. The van der Waals surface area contributed by atoms with Gasteiger partial charge in [-0.3, -0.25) is 0 Å². The van der Waals surface area contributed by atoms with Crippen LogP contribution in [0.5, 0.6) is 0 Å². The molecule has 2 rings (SSSR count). The largest absolute Gasteiger partial charge is 0.349 e. The lowest BCUT2D eigenvalue weighted by Crippen LogP contribution is -2.35. The fourth-order valence-electron chi connectivity index (χ4n) is 3.73. The Morgan fingerprint density at radius 1 is 0.441 bits per heavy atom. The number of benzene rings is 2. The van der Waals surface area contributed by atoms with Gasteiger partial charge in [-0.1, -0.05) is 12.1 Å². The molecule has 0 fully saturated rings. The predicted molar refractivity (Wildman–Crippen MR) is 147 cm³/mol. The second-order valence-corrected chi connectivity index (χ2v) is 9.41. The number of fused-ring (bicyclic) bond motifs is 1. The van der Waals surface area contributed by atoms with Crippen molar-refractivity contribution in [1.29, 1.82) is 0 Å². The quantitative estimate of drug-likeness (QED) is 0.511. The summed E-state index contributed by atoms with van der Waals surface area (Å²) in [5.41, 5.74) is 2.50. The molecule has 34 heavy (non-hydrogen) atoms. The van der Waals surface area contributed by atoms with Crippen LogP contribution in [0.2, 0.25) is 0 Å². The molecule has 0 saturated carbocycles. The molecule has 0 amide bonds. The average Bonchev–Trinajstić information content (AvgIpc) is 2.72. The van der Waals surface area contributed by atoms with Crippen molar-refractivity contribution in [2.75, 3.05) is 84.6 Å². The summed E-state index contributed by atoms with van der Waals surface area (Å²) in [5.74, 6) is 2.53. The molecular weight excluding hydrogens is 426 g/mol. The zero-order chi connectivity index (χ0) is 25.7. The standard InChI is InChI=1S/C25H41N9/c1-29(2)23(30(3)4)26-20-15-13-14-19-18(20)16-17-21(27-24(31(5)6)32(7)8)22(19)28-25(33(9)10)34(11)12/h13-17H,1-12H3. The van der Waals surface area contributed by atoms with Crippen molar-refractivity contribution in [1.82, 2.24) is 29.4 Å². The Hall–Kier alpha value is -3.49. The fraction of sp³-hybridized carbons (Fsp3) is 0.480. The van der Waals surface area contributed by atoms with Crippen molar-refractivity contribution in [2.24, 2.45) is 15.0 Å². The van der Waals surface area contributed by atoms with E-state index in [1.807, 2.05) is 132 Å². The molecule has 9 heteroatoms. The van der Waals surface area contributed by atoms with E-state index in [0.29, 0.717) is 0 Å². The number of hydrogen-bond acceptors (Lipinski definition) is 3. The second-order valence-electron chi connectivity index (χ2n) is 9.41. The first-order chi connectivity index (χ1) is 15.8. The van der Waals surface area contributed by atoms with Gasteiger partial charge in [-0.2, -0.15) is 0 Å². The summed E-state index contributed by atoms with van der Waals surface area (Å²) in [7, 11) is 23.9. The lowest BCUT2D eigenvalue weighted by Gasteiger charge is -2.25. The molecule has 0 radical (unpaired) electrons. The Balaban J connectivity index is 2.96. The van der Waals surface area contributed by atoms with E-state index in [1.165, 1.54) is 0 Å². The van der Waals surface area contributed by atoms with Crippen molar-refractivity contribution in [3.05, 3.63) is 30.3 Å². The van der Waals surface area contributed by atoms with Crippen LogP contribution in [0.4, 0.5) is 17.1 Å². The van der Waals surface area contributed by atoms with E-state index in [4.69, 9.17) is 15.0 Å². The zero-order valence-corrected chi connectivity index (χ0v) is 22.9. The first-order valence-corrected chi connectivity index (χ1v) is 11.2. The van der Waals surface area contributed by atoms with Gasteiger partial charge in [0.25, 0.3) is 0 Å². The molecule has 2 aromatic carbocycles. The third-order valence-corrected chi connectivity index (χ3v) is 5.04. The summed E-state index contributed by atoms with van der Waals surface area (Å²) in [6, 6.07) is 10.3. The lowest BCUT2D eigenvalue weighted by molar-refractivity contribution is 0.483. The molecule has 0 aliphatic heterocycles. The Morgan fingerprint density at radius 2 is 0.853 bits per heavy atom. The van der Waals surface area contributed by atoms with E-state index in [1.54, 1.807) is 0 Å². The zero-order valence-electron chi connectivity index (χ0n) is 22.9. The van der Waals surface area contributed by atoms with Crippen molar-refractivity contribution in [3.63, 3.8) is 0 Å². The van der Waals surface area contributed by atoms with Crippen molar-refractivity contribution < 1.29 is 0 Å². The predicted octanol–water partition coefficient (Wildman–Crippen LogP) is 3.17. The van der Waals surface area contributed by atoms with Gasteiger partial charge in [-0.25, -0.2) is 15.0 Å². The summed E-state index contributed by atoms with van der Waals surface area (Å²) in [5, 5.41) is 2.02. The number of hydrogen-bond donors (Lipinski definition) is 0. The maximum Gasteiger partial charge on any atom is 0.200 e. The minimum Gasteiger partial charge on any atom is -0.349 e. The third kappa shape index (κ3) is 6.09. The maximum atomic E-state index is 5.10. The molecule has 0 aliphatic rings. The number of guanidine groups is 3. The summed E-state index contributed by atoms with van der Waals surface area (Å²) < 4.78 is 0. The lowest BCUT2D eigenvalue weighted by atomic mass is 10.1. The van der Waals surface area contributed by atoms with Crippen LogP contribution >= 0.6 is 0 Å². The van der Waals surface area contributed by atoms with Crippen LogP contribution in [-0.4, -0.2) is 132 Å². The average molecular weight is 468 g/mol. The normalized spacial score (nSPS) is 10.4. The Labute approximate surface area is 205 Å². The van der Waals surface area contributed by atoms with Crippen LogP contribution in [0.25, 0.3) is 10.8 Å².